The molecule has 0 saturated heterocycles. The van der Waals surface area contributed by atoms with Crippen molar-refractivity contribution in [3.05, 3.63) is 63.9 Å². The van der Waals surface area contributed by atoms with Crippen molar-refractivity contribution in [2.24, 2.45) is 0 Å². The Labute approximate surface area is 113 Å². The van der Waals surface area contributed by atoms with Gasteiger partial charge in [-0.1, -0.05) is 28.1 Å². The van der Waals surface area contributed by atoms with Crippen LogP contribution in [0.3, 0.4) is 0 Å². The Kier molecular flexibility index (Phi) is 3.77. The standard InChI is InChI=1S/C14H10BrFO2/c1-18-11-4-2-3-9(7-11)14(17)12-6-5-10(15)8-13(12)16/h2-8H,1H3. The minimum Gasteiger partial charge on any atom is -0.497 e. The van der Waals surface area contributed by atoms with E-state index in [4.69, 9.17) is 4.74 Å². The van der Waals surface area contributed by atoms with Gasteiger partial charge in [-0.2, -0.15) is 0 Å². The van der Waals surface area contributed by atoms with E-state index in [1.54, 1.807) is 30.3 Å². The first-order valence-corrected chi connectivity index (χ1v) is 6.05. The fourth-order valence-corrected chi connectivity index (χ4v) is 1.93. The van der Waals surface area contributed by atoms with Crippen LogP contribution in [0.1, 0.15) is 15.9 Å². The molecule has 0 heterocycles. The zero-order valence-electron chi connectivity index (χ0n) is 9.61. The van der Waals surface area contributed by atoms with Crippen LogP contribution in [0.2, 0.25) is 0 Å². The van der Waals surface area contributed by atoms with Gasteiger partial charge in [-0.25, -0.2) is 4.39 Å². The largest absolute Gasteiger partial charge is 0.497 e. The van der Waals surface area contributed by atoms with Crippen LogP contribution < -0.4 is 4.74 Å². The summed E-state index contributed by atoms with van der Waals surface area (Å²) in [6, 6.07) is 11.0. The molecule has 0 unspecified atom stereocenters. The highest BCUT2D eigenvalue weighted by atomic mass is 79.9. The molecule has 0 N–H and O–H groups in total. The molecular weight excluding hydrogens is 299 g/mol. The van der Waals surface area contributed by atoms with Gasteiger partial charge in [-0.05, 0) is 30.3 Å². The summed E-state index contributed by atoms with van der Waals surface area (Å²) in [6.07, 6.45) is 0. The minimum absolute atomic E-state index is 0.0476. The number of hydrogen-bond acceptors (Lipinski definition) is 2. The molecule has 2 nitrogen and oxygen atoms in total. The first-order valence-electron chi connectivity index (χ1n) is 5.25. The summed E-state index contributed by atoms with van der Waals surface area (Å²) in [6.45, 7) is 0. The van der Waals surface area contributed by atoms with Gasteiger partial charge in [0.15, 0.2) is 5.78 Å². The lowest BCUT2D eigenvalue weighted by Crippen LogP contribution is -2.04. The highest BCUT2D eigenvalue weighted by Gasteiger charge is 2.14. The Morgan fingerprint density at radius 3 is 2.67 bits per heavy atom. The number of halogens is 2. The van der Waals surface area contributed by atoms with Crippen molar-refractivity contribution in [1.82, 2.24) is 0 Å². The third-order valence-corrected chi connectivity index (χ3v) is 3.00. The number of ketones is 1. The van der Waals surface area contributed by atoms with Crippen LogP contribution in [0.15, 0.2) is 46.9 Å². The first-order chi connectivity index (χ1) is 8.61. The lowest BCUT2D eigenvalue weighted by molar-refractivity contribution is 0.103. The number of benzene rings is 2. The predicted molar refractivity (Wildman–Crippen MR) is 70.5 cm³/mol. The molecule has 0 aliphatic carbocycles. The summed E-state index contributed by atoms with van der Waals surface area (Å²) in [4.78, 5) is 12.1. The molecule has 2 rings (SSSR count). The van der Waals surface area contributed by atoms with Gasteiger partial charge >= 0.3 is 0 Å². The number of rotatable bonds is 3. The predicted octanol–water partition coefficient (Wildman–Crippen LogP) is 3.83. The monoisotopic (exact) mass is 308 g/mol. The van der Waals surface area contributed by atoms with Crippen LogP contribution in [0, 0.1) is 5.82 Å². The van der Waals surface area contributed by atoms with E-state index in [0.717, 1.165) is 0 Å². The molecule has 0 aliphatic rings. The van der Waals surface area contributed by atoms with E-state index in [-0.39, 0.29) is 11.3 Å². The fourth-order valence-electron chi connectivity index (χ4n) is 1.59. The molecule has 0 bridgehead atoms. The van der Waals surface area contributed by atoms with Crippen LogP contribution >= 0.6 is 15.9 Å². The zero-order valence-corrected chi connectivity index (χ0v) is 11.2. The van der Waals surface area contributed by atoms with Gasteiger partial charge in [-0.3, -0.25) is 4.79 Å². The number of carbonyl (C=O) groups excluding carboxylic acids is 1. The number of carbonyl (C=O) groups is 1. The number of methoxy groups -OCH3 is 1. The normalized spacial score (nSPS) is 10.2. The second kappa shape index (κ2) is 5.31. The molecule has 0 amide bonds. The summed E-state index contributed by atoms with van der Waals surface area (Å²) in [5.41, 5.74) is 0.446. The van der Waals surface area contributed by atoms with E-state index in [1.165, 1.54) is 19.2 Å². The van der Waals surface area contributed by atoms with Crippen LogP contribution in [-0.2, 0) is 0 Å². The van der Waals surface area contributed by atoms with Crippen LogP contribution in [-0.4, -0.2) is 12.9 Å². The molecule has 0 spiro atoms. The summed E-state index contributed by atoms with van der Waals surface area (Å²) in [7, 11) is 1.52. The fraction of sp³-hybridized carbons (Fsp3) is 0.0714. The zero-order chi connectivity index (χ0) is 13.1. The van der Waals surface area contributed by atoms with E-state index in [1.807, 2.05) is 0 Å². The summed E-state index contributed by atoms with van der Waals surface area (Å²) >= 11 is 3.15. The van der Waals surface area contributed by atoms with E-state index in [0.29, 0.717) is 15.8 Å². The average molecular weight is 309 g/mol. The van der Waals surface area contributed by atoms with Crippen molar-refractivity contribution in [2.75, 3.05) is 7.11 Å². The lowest BCUT2D eigenvalue weighted by atomic mass is 10.0. The van der Waals surface area contributed by atoms with Gasteiger partial charge in [0.2, 0.25) is 0 Å². The highest BCUT2D eigenvalue weighted by Crippen LogP contribution is 2.20. The van der Waals surface area contributed by atoms with Crippen molar-refractivity contribution in [2.45, 2.75) is 0 Å². The van der Waals surface area contributed by atoms with Crippen molar-refractivity contribution >= 4 is 21.7 Å². The molecule has 0 saturated carbocycles. The highest BCUT2D eigenvalue weighted by molar-refractivity contribution is 9.10. The third-order valence-electron chi connectivity index (χ3n) is 2.51. The minimum atomic E-state index is -0.544. The second-order valence-corrected chi connectivity index (χ2v) is 4.60. The maximum Gasteiger partial charge on any atom is 0.196 e. The van der Waals surface area contributed by atoms with Crippen molar-refractivity contribution in [1.29, 1.82) is 0 Å². The Hall–Kier alpha value is -1.68. The van der Waals surface area contributed by atoms with E-state index in [9.17, 15) is 9.18 Å². The molecule has 92 valence electrons. The van der Waals surface area contributed by atoms with Gasteiger partial charge in [-0.15, -0.1) is 0 Å². The molecule has 0 radical (unpaired) electrons. The molecular formula is C14H10BrFO2. The molecule has 2 aromatic rings. The van der Waals surface area contributed by atoms with Crippen LogP contribution in [0.4, 0.5) is 4.39 Å². The molecule has 0 atom stereocenters. The Morgan fingerprint density at radius 2 is 2.00 bits per heavy atom. The van der Waals surface area contributed by atoms with E-state index >= 15 is 0 Å². The second-order valence-electron chi connectivity index (χ2n) is 3.69. The van der Waals surface area contributed by atoms with E-state index < -0.39 is 5.82 Å². The Morgan fingerprint density at radius 1 is 1.22 bits per heavy atom. The van der Waals surface area contributed by atoms with Gasteiger partial charge in [0, 0.05) is 10.0 Å². The molecule has 4 heteroatoms. The summed E-state index contributed by atoms with van der Waals surface area (Å²) in [5, 5.41) is 0. The quantitative estimate of drug-likeness (QED) is 0.806. The average Bonchev–Trinajstić information content (AvgIpc) is 2.38. The smallest absolute Gasteiger partial charge is 0.196 e. The van der Waals surface area contributed by atoms with Crippen LogP contribution in [0.25, 0.3) is 0 Å². The van der Waals surface area contributed by atoms with Gasteiger partial charge in [0.05, 0.1) is 12.7 Å². The Bertz CT molecular complexity index is 596. The van der Waals surface area contributed by atoms with Gasteiger partial charge < -0.3 is 4.74 Å². The molecule has 0 aliphatic heterocycles. The number of ether oxygens (including phenoxy) is 1. The first kappa shape index (κ1) is 12.8. The SMILES string of the molecule is COc1cccc(C(=O)c2ccc(Br)cc2F)c1. The van der Waals surface area contributed by atoms with Crippen molar-refractivity contribution in [3.8, 4) is 5.75 Å². The molecule has 0 aromatic heterocycles. The van der Waals surface area contributed by atoms with E-state index in [2.05, 4.69) is 15.9 Å². The maximum absolute atomic E-state index is 13.7. The van der Waals surface area contributed by atoms with Gasteiger partial charge in [0.25, 0.3) is 0 Å². The summed E-state index contributed by atoms with van der Waals surface area (Å²) in [5.74, 6) is -0.338. The maximum atomic E-state index is 13.7. The van der Waals surface area contributed by atoms with Crippen molar-refractivity contribution < 1.29 is 13.9 Å². The molecule has 2 aromatic carbocycles. The van der Waals surface area contributed by atoms with Crippen molar-refractivity contribution in [3.63, 3.8) is 0 Å². The Balaban J connectivity index is 2.41. The summed E-state index contributed by atoms with van der Waals surface area (Å²) < 4.78 is 19.3. The van der Waals surface area contributed by atoms with Crippen LogP contribution in [0.5, 0.6) is 5.75 Å². The number of hydrogen-bond donors (Lipinski definition) is 0. The third kappa shape index (κ3) is 2.59. The molecule has 0 fully saturated rings. The molecule has 18 heavy (non-hydrogen) atoms. The lowest BCUT2D eigenvalue weighted by Gasteiger charge is -2.05. The topological polar surface area (TPSA) is 26.3 Å². The van der Waals surface area contributed by atoms with Gasteiger partial charge in [0.1, 0.15) is 11.6 Å².